The van der Waals surface area contributed by atoms with E-state index in [-0.39, 0.29) is 5.91 Å². The molecule has 1 fully saturated rings. The average Bonchev–Trinajstić information content (AvgIpc) is 2.45. The minimum atomic E-state index is 0.141. The van der Waals surface area contributed by atoms with Crippen LogP contribution in [0.4, 0.5) is 0 Å². The number of piperidine rings is 1. The van der Waals surface area contributed by atoms with Crippen molar-refractivity contribution in [3.63, 3.8) is 0 Å². The molecule has 1 aromatic carbocycles. The number of aryl methyl sites for hydroxylation is 1. The number of benzene rings is 1. The molecule has 1 unspecified atom stereocenters. The van der Waals surface area contributed by atoms with Crippen LogP contribution < -0.4 is 5.32 Å². The molecule has 3 nitrogen and oxygen atoms in total. The smallest absolute Gasteiger partial charge is 0.253 e. The second kappa shape index (κ2) is 6.71. The molecule has 0 bridgehead atoms. The zero-order chi connectivity index (χ0) is 13.7. The highest BCUT2D eigenvalue weighted by atomic mass is 16.2. The van der Waals surface area contributed by atoms with Gasteiger partial charge >= 0.3 is 0 Å². The van der Waals surface area contributed by atoms with Crippen molar-refractivity contribution in [1.82, 2.24) is 10.2 Å². The summed E-state index contributed by atoms with van der Waals surface area (Å²) >= 11 is 0. The lowest BCUT2D eigenvalue weighted by Crippen LogP contribution is -2.34. The van der Waals surface area contributed by atoms with Gasteiger partial charge < -0.3 is 10.2 Å². The van der Waals surface area contributed by atoms with Crippen molar-refractivity contribution in [2.24, 2.45) is 5.92 Å². The van der Waals surface area contributed by atoms with E-state index in [0.717, 1.165) is 43.1 Å². The normalized spacial score (nSPS) is 19.2. The lowest BCUT2D eigenvalue weighted by molar-refractivity contribution is 0.0784. The number of carbonyl (C=O) groups is 1. The Morgan fingerprint density at radius 2 is 2.21 bits per heavy atom. The van der Waals surface area contributed by atoms with Crippen LogP contribution in [0.1, 0.15) is 35.2 Å². The largest absolute Gasteiger partial charge is 0.342 e. The monoisotopic (exact) mass is 260 g/mol. The summed E-state index contributed by atoms with van der Waals surface area (Å²) in [5.41, 5.74) is 1.88. The van der Waals surface area contributed by atoms with E-state index in [1.807, 2.05) is 43.1 Å². The highest BCUT2D eigenvalue weighted by Crippen LogP contribution is 2.15. The molecule has 1 atom stereocenters. The summed E-state index contributed by atoms with van der Waals surface area (Å²) in [5.74, 6) is 0.864. The Morgan fingerprint density at radius 1 is 1.42 bits per heavy atom. The first-order valence-electron chi connectivity index (χ1n) is 7.20. The van der Waals surface area contributed by atoms with E-state index in [2.05, 4.69) is 5.32 Å². The van der Waals surface area contributed by atoms with Gasteiger partial charge in [-0.25, -0.2) is 0 Å². The molecular formula is C16H24N2O. The second-order valence-electron chi connectivity index (χ2n) is 5.54. The Hall–Kier alpha value is -1.35. The van der Waals surface area contributed by atoms with E-state index < -0.39 is 0 Å². The molecule has 0 saturated carbocycles. The Kier molecular flexibility index (Phi) is 4.97. The molecule has 0 radical (unpaired) electrons. The summed E-state index contributed by atoms with van der Waals surface area (Å²) in [6, 6.07) is 7.81. The maximum atomic E-state index is 12.3. The summed E-state index contributed by atoms with van der Waals surface area (Å²) in [7, 11) is 1.91. The Labute approximate surface area is 116 Å². The number of rotatable bonds is 4. The predicted octanol–water partition coefficient (Wildman–Crippen LogP) is 2.46. The highest BCUT2D eigenvalue weighted by molar-refractivity contribution is 5.95. The zero-order valence-corrected chi connectivity index (χ0v) is 12.0. The lowest BCUT2D eigenvalue weighted by Gasteiger charge is -2.25. The lowest BCUT2D eigenvalue weighted by atomic mass is 9.96. The minimum Gasteiger partial charge on any atom is -0.342 e. The molecule has 1 amide bonds. The van der Waals surface area contributed by atoms with Crippen LogP contribution >= 0.6 is 0 Å². The fourth-order valence-electron chi connectivity index (χ4n) is 2.67. The molecule has 1 aromatic rings. The number of hydrogen-bond donors (Lipinski definition) is 1. The van der Waals surface area contributed by atoms with Gasteiger partial charge in [0.25, 0.3) is 5.91 Å². The van der Waals surface area contributed by atoms with Crippen molar-refractivity contribution in [3.8, 4) is 0 Å². The van der Waals surface area contributed by atoms with Gasteiger partial charge in [0, 0.05) is 19.2 Å². The van der Waals surface area contributed by atoms with E-state index in [0.29, 0.717) is 0 Å². The number of amides is 1. The van der Waals surface area contributed by atoms with Gasteiger partial charge in [-0.05, 0) is 56.8 Å². The van der Waals surface area contributed by atoms with E-state index >= 15 is 0 Å². The molecule has 1 aliphatic heterocycles. The van der Waals surface area contributed by atoms with Crippen LogP contribution in [0.5, 0.6) is 0 Å². The van der Waals surface area contributed by atoms with Gasteiger partial charge in [-0.15, -0.1) is 0 Å². The minimum absolute atomic E-state index is 0.141. The van der Waals surface area contributed by atoms with Gasteiger partial charge in [0.1, 0.15) is 0 Å². The van der Waals surface area contributed by atoms with Gasteiger partial charge in [0.15, 0.2) is 0 Å². The summed E-state index contributed by atoms with van der Waals surface area (Å²) in [6.07, 6.45) is 3.65. The summed E-state index contributed by atoms with van der Waals surface area (Å²) in [6.45, 7) is 5.09. The fourth-order valence-corrected chi connectivity index (χ4v) is 2.67. The van der Waals surface area contributed by atoms with Crippen LogP contribution in [0.2, 0.25) is 0 Å². The molecule has 1 saturated heterocycles. The third kappa shape index (κ3) is 3.80. The van der Waals surface area contributed by atoms with Crippen molar-refractivity contribution >= 4 is 5.91 Å². The van der Waals surface area contributed by atoms with Crippen molar-refractivity contribution in [2.45, 2.75) is 26.2 Å². The van der Waals surface area contributed by atoms with E-state index in [9.17, 15) is 4.79 Å². The molecule has 1 aliphatic rings. The summed E-state index contributed by atoms with van der Waals surface area (Å²) < 4.78 is 0. The van der Waals surface area contributed by atoms with Crippen molar-refractivity contribution in [3.05, 3.63) is 35.4 Å². The summed E-state index contributed by atoms with van der Waals surface area (Å²) in [4.78, 5) is 14.2. The second-order valence-corrected chi connectivity index (χ2v) is 5.54. The van der Waals surface area contributed by atoms with Gasteiger partial charge in [-0.1, -0.05) is 18.2 Å². The fraction of sp³-hybridized carbons (Fsp3) is 0.562. The van der Waals surface area contributed by atoms with Crippen LogP contribution in [0, 0.1) is 12.8 Å². The number of hydrogen-bond acceptors (Lipinski definition) is 2. The van der Waals surface area contributed by atoms with Crippen LogP contribution in [-0.4, -0.2) is 37.5 Å². The topological polar surface area (TPSA) is 32.3 Å². The molecule has 104 valence electrons. The maximum Gasteiger partial charge on any atom is 0.253 e. The first-order chi connectivity index (χ1) is 9.18. The Morgan fingerprint density at radius 3 is 2.89 bits per heavy atom. The van der Waals surface area contributed by atoms with E-state index in [1.54, 1.807) is 0 Å². The number of carbonyl (C=O) groups excluding carboxylic acids is 1. The van der Waals surface area contributed by atoms with Crippen molar-refractivity contribution in [2.75, 3.05) is 26.7 Å². The van der Waals surface area contributed by atoms with Crippen LogP contribution in [0.25, 0.3) is 0 Å². The molecule has 3 heteroatoms. The first kappa shape index (κ1) is 14.1. The van der Waals surface area contributed by atoms with Crippen LogP contribution in [0.15, 0.2) is 24.3 Å². The van der Waals surface area contributed by atoms with E-state index in [4.69, 9.17) is 0 Å². The Balaban J connectivity index is 1.87. The molecule has 1 N–H and O–H groups in total. The third-order valence-corrected chi connectivity index (χ3v) is 3.99. The molecule has 0 spiro atoms. The highest BCUT2D eigenvalue weighted by Gasteiger charge is 2.17. The van der Waals surface area contributed by atoms with Crippen molar-refractivity contribution < 1.29 is 4.79 Å². The van der Waals surface area contributed by atoms with Gasteiger partial charge in [0.2, 0.25) is 0 Å². The standard InChI is InChI=1S/C16H24N2O/c1-13-6-3-4-8-15(13)16(19)18(2)11-9-14-7-5-10-17-12-14/h3-4,6,8,14,17H,5,7,9-12H2,1-2H3. The third-order valence-electron chi connectivity index (χ3n) is 3.99. The number of nitrogens with zero attached hydrogens (tertiary/aromatic N) is 1. The molecule has 0 aliphatic carbocycles. The maximum absolute atomic E-state index is 12.3. The van der Waals surface area contributed by atoms with Crippen molar-refractivity contribution in [1.29, 1.82) is 0 Å². The van der Waals surface area contributed by atoms with Gasteiger partial charge in [-0.3, -0.25) is 4.79 Å². The molecule has 1 heterocycles. The van der Waals surface area contributed by atoms with Gasteiger partial charge in [-0.2, -0.15) is 0 Å². The van der Waals surface area contributed by atoms with E-state index in [1.165, 1.54) is 12.8 Å². The Bertz CT molecular complexity index is 425. The molecule has 2 rings (SSSR count). The molecule has 0 aromatic heterocycles. The van der Waals surface area contributed by atoms with Crippen LogP contribution in [0.3, 0.4) is 0 Å². The predicted molar refractivity (Wildman–Crippen MR) is 78.4 cm³/mol. The van der Waals surface area contributed by atoms with Gasteiger partial charge in [0.05, 0.1) is 0 Å². The summed E-state index contributed by atoms with van der Waals surface area (Å²) in [5, 5.41) is 3.43. The quantitative estimate of drug-likeness (QED) is 0.902. The average molecular weight is 260 g/mol. The van der Waals surface area contributed by atoms with Crippen LogP contribution in [-0.2, 0) is 0 Å². The SMILES string of the molecule is Cc1ccccc1C(=O)N(C)CCC1CCCNC1. The first-order valence-corrected chi connectivity index (χ1v) is 7.20. The number of nitrogens with one attached hydrogen (secondary N) is 1. The molecular weight excluding hydrogens is 236 g/mol. The zero-order valence-electron chi connectivity index (χ0n) is 12.0. The molecule has 19 heavy (non-hydrogen) atoms.